The van der Waals surface area contributed by atoms with E-state index in [0.717, 1.165) is 25.1 Å². The molecule has 0 aromatic carbocycles. The smallest absolute Gasteiger partial charge is 0.0845 e. The first kappa shape index (κ1) is 13.7. The van der Waals surface area contributed by atoms with E-state index in [9.17, 15) is 0 Å². The fourth-order valence-corrected chi connectivity index (χ4v) is 2.31. The molecule has 2 aromatic heterocycles. The molecule has 1 atom stereocenters. The van der Waals surface area contributed by atoms with E-state index in [1.165, 1.54) is 11.1 Å². The molecule has 19 heavy (non-hydrogen) atoms. The van der Waals surface area contributed by atoms with Gasteiger partial charge in [-0.15, -0.1) is 5.10 Å². The van der Waals surface area contributed by atoms with Crippen molar-refractivity contribution in [1.82, 2.24) is 25.3 Å². The Balaban J connectivity index is 2.23. The number of hydrogen-bond acceptors (Lipinski definition) is 4. The van der Waals surface area contributed by atoms with Gasteiger partial charge in [-0.05, 0) is 30.2 Å². The maximum absolute atomic E-state index is 4.21. The molecule has 0 amide bonds. The summed E-state index contributed by atoms with van der Waals surface area (Å²) < 4.78 is 1.74. The molecule has 2 rings (SSSR count). The van der Waals surface area contributed by atoms with Crippen molar-refractivity contribution in [2.24, 2.45) is 7.05 Å². The molecule has 0 spiro atoms. The van der Waals surface area contributed by atoms with E-state index in [2.05, 4.69) is 40.5 Å². The minimum absolute atomic E-state index is 0.264. The van der Waals surface area contributed by atoms with Gasteiger partial charge in [0.15, 0.2) is 0 Å². The zero-order valence-electron chi connectivity index (χ0n) is 11.8. The first-order valence-electron chi connectivity index (χ1n) is 6.76. The predicted molar refractivity (Wildman–Crippen MR) is 74.7 cm³/mol. The number of nitrogens with zero attached hydrogens (tertiary/aromatic N) is 4. The normalized spacial score (nSPS) is 12.6. The van der Waals surface area contributed by atoms with E-state index in [-0.39, 0.29) is 6.04 Å². The second-order valence-electron chi connectivity index (χ2n) is 4.63. The van der Waals surface area contributed by atoms with Crippen LogP contribution in [0, 0.1) is 0 Å². The van der Waals surface area contributed by atoms with Gasteiger partial charge in [0.05, 0.1) is 5.69 Å². The molecule has 5 heteroatoms. The van der Waals surface area contributed by atoms with E-state index in [4.69, 9.17) is 0 Å². The first-order chi connectivity index (χ1) is 9.24. The number of aromatic nitrogens is 4. The highest BCUT2D eigenvalue weighted by Crippen LogP contribution is 2.21. The fourth-order valence-electron chi connectivity index (χ4n) is 2.31. The summed E-state index contributed by atoms with van der Waals surface area (Å²) in [7, 11) is 1.89. The number of pyridine rings is 1. The Kier molecular flexibility index (Phi) is 4.63. The van der Waals surface area contributed by atoms with Crippen LogP contribution in [-0.2, 0) is 19.9 Å². The molecular weight excluding hydrogens is 238 g/mol. The van der Waals surface area contributed by atoms with Crippen molar-refractivity contribution in [2.75, 3.05) is 6.54 Å². The molecule has 0 saturated carbocycles. The summed E-state index contributed by atoms with van der Waals surface area (Å²) in [6.45, 7) is 5.21. The van der Waals surface area contributed by atoms with Crippen LogP contribution < -0.4 is 5.32 Å². The summed E-state index contributed by atoms with van der Waals surface area (Å²) in [5, 5.41) is 11.7. The van der Waals surface area contributed by atoms with Crippen LogP contribution in [0.15, 0.2) is 24.7 Å². The lowest BCUT2D eigenvalue weighted by atomic mass is 9.97. The summed E-state index contributed by atoms with van der Waals surface area (Å²) in [6.07, 6.45) is 7.62. The monoisotopic (exact) mass is 259 g/mol. The maximum atomic E-state index is 4.21. The van der Waals surface area contributed by atoms with E-state index in [0.29, 0.717) is 0 Å². The lowest BCUT2D eigenvalue weighted by molar-refractivity contribution is 0.539. The topological polar surface area (TPSA) is 55.6 Å². The lowest BCUT2D eigenvalue weighted by Crippen LogP contribution is -2.24. The van der Waals surface area contributed by atoms with Crippen LogP contribution in [0.25, 0.3) is 0 Å². The number of rotatable bonds is 6. The SMILES string of the molecule is CCNC(Cc1cn(C)nn1)c1ccncc1CC. The molecule has 0 bridgehead atoms. The van der Waals surface area contributed by atoms with Crippen LogP contribution >= 0.6 is 0 Å². The van der Waals surface area contributed by atoms with Gasteiger partial charge in [-0.2, -0.15) is 0 Å². The summed E-state index contributed by atoms with van der Waals surface area (Å²) in [5.74, 6) is 0. The Morgan fingerprint density at radius 2 is 2.21 bits per heavy atom. The largest absolute Gasteiger partial charge is 0.310 e. The van der Waals surface area contributed by atoms with Gasteiger partial charge >= 0.3 is 0 Å². The molecule has 0 aliphatic rings. The summed E-state index contributed by atoms with van der Waals surface area (Å²) in [4.78, 5) is 4.21. The van der Waals surface area contributed by atoms with Crippen LogP contribution in [0.1, 0.15) is 36.7 Å². The van der Waals surface area contributed by atoms with Crippen molar-refractivity contribution in [3.63, 3.8) is 0 Å². The summed E-state index contributed by atoms with van der Waals surface area (Å²) >= 11 is 0. The first-order valence-corrected chi connectivity index (χ1v) is 6.76. The second-order valence-corrected chi connectivity index (χ2v) is 4.63. The highest BCUT2D eigenvalue weighted by molar-refractivity contribution is 5.27. The van der Waals surface area contributed by atoms with Crippen LogP contribution in [0.2, 0.25) is 0 Å². The molecule has 0 aliphatic carbocycles. The van der Waals surface area contributed by atoms with Gasteiger partial charge in [0.2, 0.25) is 0 Å². The van der Waals surface area contributed by atoms with Gasteiger partial charge in [-0.3, -0.25) is 9.67 Å². The Morgan fingerprint density at radius 1 is 1.37 bits per heavy atom. The molecule has 102 valence electrons. The van der Waals surface area contributed by atoms with E-state index < -0.39 is 0 Å². The number of nitrogens with one attached hydrogen (secondary N) is 1. The van der Waals surface area contributed by atoms with Gasteiger partial charge < -0.3 is 5.32 Å². The van der Waals surface area contributed by atoms with Gasteiger partial charge in [-0.1, -0.05) is 19.1 Å². The molecule has 2 heterocycles. The molecule has 0 saturated heterocycles. The Morgan fingerprint density at radius 3 is 2.84 bits per heavy atom. The molecule has 0 fully saturated rings. The second kappa shape index (κ2) is 6.43. The fraction of sp³-hybridized carbons (Fsp3) is 0.500. The zero-order valence-corrected chi connectivity index (χ0v) is 11.8. The third kappa shape index (κ3) is 3.38. The summed E-state index contributed by atoms with van der Waals surface area (Å²) in [5.41, 5.74) is 3.61. The van der Waals surface area contributed by atoms with Crippen LogP contribution in [0.5, 0.6) is 0 Å². The minimum atomic E-state index is 0.264. The molecular formula is C14H21N5. The predicted octanol–water partition coefficient (Wildman–Crippen LogP) is 1.67. The van der Waals surface area contributed by atoms with Crippen molar-refractivity contribution in [3.05, 3.63) is 41.5 Å². The average Bonchev–Trinajstić information content (AvgIpc) is 2.84. The highest BCUT2D eigenvalue weighted by atomic mass is 15.4. The van der Waals surface area contributed by atoms with Crippen molar-refractivity contribution >= 4 is 0 Å². The zero-order chi connectivity index (χ0) is 13.7. The number of aryl methyl sites for hydroxylation is 2. The van der Waals surface area contributed by atoms with Crippen LogP contribution in [0.3, 0.4) is 0 Å². The maximum Gasteiger partial charge on any atom is 0.0845 e. The van der Waals surface area contributed by atoms with Crippen molar-refractivity contribution in [3.8, 4) is 0 Å². The van der Waals surface area contributed by atoms with Crippen molar-refractivity contribution in [2.45, 2.75) is 32.7 Å². The quantitative estimate of drug-likeness (QED) is 0.857. The van der Waals surface area contributed by atoms with Gasteiger partial charge in [0.1, 0.15) is 0 Å². The van der Waals surface area contributed by atoms with Gasteiger partial charge in [-0.25, -0.2) is 0 Å². The standard InChI is InChI=1S/C14H21N5/c1-4-11-9-15-7-6-13(11)14(16-5-2)8-12-10-19(3)18-17-12/h6-7,9-10,14,16H,4-5,8H2,1-3H3. The molecule has 0 aliphatic heterocycles. The molecule has 2 aromatic rings. The minimum Gasteiger partial charge on any atom is -0.310 e. The Labute approximate surface area is 114 Å². The molecule has 1 unspecified atom stereocenters. The Hall–Kier alpha value is -1.75. The van der Waals surface area contributed by atoms with Crippen molar-refractivity contribution in [1.29, 1.82) is 0 Å². The van der Waals surface area contributed by atoms with Gasteiger partial charge in [0, 0.05) is 38.1 Å². The molecule has 5 nitrogen and oxygen atoms in total. The van der Waals surface area contributed by atoms with E-state index in [1.54, 1.807) is 4.68 Å². The van der Waals surface area contributed by atoms with Crippen molar-refractivity contribution < 1.29 is 0 Å². The van der Waals surface area contributed by atoms with Crippen LogP contribution in [-0.4, -0.2) is 26.5 Å². The molecule has 0 radical (unpaired) electrons. The third-order valence-corrected chi connectivity index (χ3v) is 3.21. The number of likely N-dealkylation sites (N-methyl/N-ethyl adjacent to an activating group) is 1. The molecule has 1 N–H and O–H groups in total. The summed E-state index contributed by atoms with van der Waals surface area (Å²) in [6, 6.07) is 2.36. The highest BCUT2D eigenvalue weighted by Gasteiger charge is 2.16. The van der Waals surface area contributed by atoms with E-state index >= 15 is 0 Å². The lowest BCUT2D eigenvalue weighted by Gasteiger charge is -2.19. The van der Waals surface area contributed by atoms with Crippen LogP contribution in [0.4, 0.5) is 0 Å². The third-order valence-electron chi connectivity index (χ3n) is 3.21. The average molecular weight is 259 g/mol. The van der Waals surface area contributed by atoms with E-state index in [1.807, 2.05) is 25.6 Å². The van der Waals surface area contributed by atoms with Gasteiger partial charge in [0.25, 0.3) is 0 Å². The Bertz CT molecular complexity index is 520. The number of hydrogen-bond donors (Lipinski definition) is 1.